The van der Waals surface area contributed by atoms with Crippen LogP contribution in [0.4, 0.5) is 0 Å². The van der Waals surface area contributed by atoms with E-state index >= 15 is 0 Å². The van der Waals surface area contributed by atoms with Crippen molar-refractivity contribution in [3.63, 3.8) is 0 Å². The zero-order chi connectivity index (χ0) is 15.2. The predicted molar refractivity (Wildman–Crippen MR) is 88.1 cm³/mol. The van der Waals surface area contributed by atoms with Crippen molar-refractivity contribution < 1.29 is 9.15 Å². The molecule has 0 unspecified atom stereocenters. The van der Waals surface area contributed by atoms with Crippen LogP contribution in [0.15, 0.2) is 22.6 Å². The first-order chi connectivity index (χ1) is 10.2. The molecule has 0 saturated carbocycles. The average Bonchev–Trinajstić information content (AvgIpc) is 2.84. The van der Waals surface area contributed by atoms with Crippen molar-refractivity contribution in [2.75, 3.05) is 13.2 Å². The first-order valence-electron chi connectivity index (χ1n) is 8.06. The molecule has 2 aromatic rings. The molecule has 0 bridgehead atoms. The molecule has 0 aliphatic rings. The Morgan fingerprint density at radius 3 is 2.67 bits per heavy atom. The van der Waals surface area contributed by atoms with Crippen LogP contribution in [0.5, 0.6) is 5.75 Å². The second kappa shape index (κ2) is 7.51. The summed E-state index contributed by atoms with van der Waals surface area (Å²) in [6, 6.07) is 6.18. The maximum Gasteiger partial charge on any atom is 0.176 e. The molecule has 0 atom stereocenters. The lowest BCUT2D eigenvalue weighted by molar-refractivity contribution is 0.315. The van der Waals surface area contributed by atoms with E-state index in [1.807, 2.05) is 6.07 Å². The number of hydrogen-bond acceptors (Lipinski definition) is 3. The van der Waals surface area contributed by atoms with E-state index < -0.39 is 0 Å². The summed E-state index contributed by atoms with van der Waals surface area (Å²) in [6.45, 7) is 11.2. The molecule has 1 aromatic heterocycles. The van der Waals surface area contributed by atoms with E-state index in [9.17, 15) is 0 Å². The standard InChI is InChI=1S/C18H27NO2/c1-5-10-19-12-16-17(13(3)4)14-8-7-9-15(18(14)21-16)20-11-6-2/h7-9,13,19H,5-6,10-12H2,1-4H3. The van der Waals surface area contributed by atoms with Crippen molar-refractivity contribution in [2.45, 2.75) is 53.0 Å². The van der Waals surface area contributed by atoms with Crippen molar-refractivity contribution in [1.82, 2.24) is 5.32 Å². The minimum atomic E-state index is 0.436. The smallest absolute Gasteiger partial charge is 0.176 e. The normalized spacial score (nSPS) is 11.5. The highest BCUT2D eigenvalue weighted by Crippen LogP contribution is 2.36. The molecule has 3 nitrogen and oxygen atoms in total. The van der Waals surface area contributed by atoms with Crippen molar-refractivity contribution in [3.8, 4) is 5.75 Å². The Morgan fingerprint density at radius 1 is 1.19 bits per heavy atom. The van der Waals surface area contributed by atoms with Crippen molar-refractivity contribution in [3.05, 3.63) is 29.5 Å². The van der Waals surface area contributed by atoms with Crippen LogP contribution < -0.4 is 10.1 Å². The largest absolute Gasteiger partial charge is 0.490 e. The molecule has 21 heavy (non-hydrogen) atoms. The number of furan rings is 1. The molecule has 0 fully saturated rings. The van der Waals surface area contributed by atoms with E-state index in [2.05, 4.69) is 45.1 Å². The quantitative estimate of drug-likeness (QED) is 0.706. The molecular weight excluding hydrogens is 262 g/mol. The maximum atomic E-state index is 6.15. The maximum absolute atomic E-state index is 6.15. The van der Waals surface area contributed by atoms with Gasteiger partial charge in [0, 0.05) is 10.9 Å². The van der Waals surface area contributed by atoms with Gasteiger partial charge >= 0.3 is 0 Å². The average molecular weight is 289 g/mol. The van der Waals surface area contributed by atoms with Crippen molar-refractivity contribution in [2.24, 2.45) is 0 Å². The fourth-order valence-corrected chi connectivity index (χ4v) is 2.63. The number of ether oxygens (including phenoxy) is 1. The molecule has 0 spiro atoms. The Hall–Kier alpha value is -1.48. The summed E-state index contributed by atoms with van der Waals surface area (Å²) in [5.74, 6) is 2.34. The molecule has 1 N–H and O–H groups in total. The number of hydrogen-bond donors (Lipinski definition) is 1. The molecular formula is C18H27NO2. The van der Waals surface area contributed by atoms with E-state index in [1.54, 1.807) is 0 Å². The summed E-state index contributed by atoms with van der Waals surface area (Å²) in [4.78, 5) is 0. The van der Waals surface area contributed by atoms with Gasteiger partial charge in [0.1, 0.15) is 5.76 Å². The summed E-state index contributed by atoms with van der Waals surface area (Å²) >= 11 is 0. The molecule has 3 heteroatoms. The van der Waals surface area contributed by atoms with Gasteiger partial charge in [0.2, 0.25) is 0 Å². The Kier molecular flexibility index (Phi) is 5.68. The lowest BCUT2D eigenvalue weighted by Gasteiger charge is -2.07. The molecule has 0 radical (unpaired) electrons. The summed E-state index contributed by atoms with van der Waals surface area (Å²) in [7, 11) is 0. The van der Waals surface area contributed by atoms with Crippen LogP contribution in [0, 0.1) is 0 Å². The van der Waals surface area contributed by atoms with Gasteiger partial charge in [0.05, 0.1) is 13.2 Å². The van der Waals surface area contributed by atoms with Crippen LogP contribution in [0.1, 0.15) is 57.8 Å². The van der Waals surface area contributed by atoms with Crippen LogP contribution in [-0.4, -0.2) is 13.2 Å². The number of benzene rings is 1. The highest BCUT2D eigenvalue weighted by Gasteiger charge is 2.19. The monoisotopic (exact) mass is 289 g/mol. The van der Waals surface area contributed by atoms with E-state index in [4.69, 9.17) is 9.15 Å². The lowest BCUT2D eigenvalue weighted by atomic mass is 9.99. The van der Waals surface area contributed by atoms with E-state index in [-0.39, 0.29) is 0 Å². The predicted octanol–water partition coefficient (Wildman–Crippen LogP) is 4.84. The van der Waals surface area contributed by atoms with Gasteiger partial charge in [-0.1, -0.05) is 39.8 Å². The first-order valence-corrected chi connectivity index (χ1v) is 8.06. The van der Waals surface area contributed by atoms with Gasteiger partial charge in [0.15, 0.2) is 11.3 Å². The lowest BCUT2D eigenvalue weighted by Crippen LogP contribution is -2.14. The van der Waals surface area contributed by atoms with Gasteiger partial charge in [-0.3, -0.25) is 0 Å². The van der Waals surface area contributed by atoms with Crippen molar-refractivity contribution >= 4 is 11.0 Å². The molecule has 0 aliphatic heterocycles. The van der Waals surface area contributed by atoms with Crippen LogP contribution in [-0.2, 0) is 6.54 Å². The third kappa shape index (κ3) is 3.59. The summed E-state index contributed by atoms with van der Waals surface area (Å²) in [6.07, 6.45) is 2.13. The zero-order valence-electron chi connectivity index (χ0n) is 13.7. The van der Waals surface area contributed by atoms with Gasteiger partial charge in [-0.25, -0.2) is 0 Å². The summed E-state index contributed by atoms with van der Waals surface area (Å²) in [5, 5.41) is 4.62. The third-order valence-electron chi connectivity index (χ3n) is 3.55. The third-order valence-corrected chi connectivity index (χ3v) is 3.55. The van der Waals surface area contributed by atoms with E-state index in [0.717, 1.165) is 49.6 Å². The van der Waals surface area contributed by atoms with E-state index in [0.29, 0.717) is 5.92 Å². The molecule has 0 amide bonds. The SMILES string of the molecule is CCCNCc1oc2c(OCCC)cccc2c1C(C)C. The fraction of sp³-hybridized carbons (Fsp3) is 0.556. The van der Waals surface area contributed by atoms with Gasteiger partial charge in [-0.15, -0.1) is 0 Å². The number of nitrogens with one attached hydrogen (secondary N) is 1. The molecule has 0 saturated heterocycles. The highest BCUT2D eigenvalue weighted by molar-refractivity contribution is 5.87. The zero-order valence-corrected chi connectivity index (χ0v) is 13.7. The highest BCUT2D eigenvalue weighted by atomic mass is 16.5. The fourth-order valence-electron chi connectivity index (χ4n) is 2.63. The number of para-hydroxylation sites is 1. The van der Waals surface area contributed by atoms with Crippen LogP contribution in [0.2, 0.25) is 0 Å². The number of fused-ring (bicyclic) bond motifs is 1. The van der Waals surface area contributed by atoms with Gasteiger partial charge < -0.3 is 14.5 Å². The second-order valence-corrected chi connectivity index (χ2v) is 5.75. The Bertz CT molecular complexity index is 572. The van der Waals surface area contributed by atoms with Gasteiger partial charge in [-0.2, -0.15) is 0 Å². The van der Waals surface area contributed by atoms with Crippen LogP contribution in [0.3, 0.4) is 0 Å². The van der Waals surface area contributed by atoms with Gasteiger partial charge in [0.25, 0.3) is 0 Å². The molecule has 1 heterocycles. The topological polar surface area (TPSA) is 34.4 Å². The molecule has 116 valence electrons. The van der Waals surface area contributed by atoms with Crippen molar-refractivity contribution in [1.29, 1.82) is 0 Å². The van der Waals surface area contributed by atoms with Gasteiger partial charge in [-0.05, 0) is 31.4 Å². The molecule has 2 rings (SSSR count). The number of rotatable bonds is 8. The summed E-state index contributed by atoms with van der Waals surface area (Å²) < 4.78 is 12.0. The van der Waals surface area contributed by atoms with Crippen LogP contribution in [0.25, 0.3) is 11.0 Å². The molecule has 0 aliphatic carbocycles. The minimum absolute atomic E-state index is 0.436. The second-order valence-electron chi connectivity index (χ2n) is 5.75. The molecule has 1 aromatic carbocycles. The Morgan fingerprint density at radius 2 is 2.00 bits per heavy atom. The Balaban J connectivity index is 2.40. The first kappa shape index (κ1) is 15.9. The minimum Gasteiger partial charge on any atom is -0.490 e. The Labute approximate surface area is 127 Å². The van der Waals surface area contributed by atoms with Crippen LogP contribution >= 0.6 is 0 Å². The van der Waals surface area contributed by atoms with E-state index in [1.165, 1.54) is 10.9 Å². The summed E-state index contributed by atoms with van der Waals surface area (Å²) in [5.41, 5.74) is 2.19.